The third kappa shape index (κ3) is 4.19. The number of benzene rings is 1. The average molecular weight is 319 g/mol. The van der Waals surface area contributed by atoms with Crippen LogP contribution in [-0.4, -0.2) is 26.7 Å². The Morgan fingerprint density at radius 1 is 1.25 bits per heavy atom. The van der Waals surface area contributed by atoms with Gasteiger partial charge in [-0.2, -0.15) is 0 Å². The van der Waals surface area contributed by atoms with Crippen molar-refractivity contribution in [2.24, 2.45) is 5.41 Å². The van der Waals surface area contributed by atoms with Crippen LogP contribution in [-0.2, 0) is 14.8 Å². The van der Waals surface area contributed by atoms with Gasteiger partial charge in [-0.25, -0.2) is 13.1 Å². The summed E-state index contributed by atoms with van der Waals surface area (Å²) in [6.45, 7) is 5.50. The number of halogens is 1. The summed E-state index contributed by atoms with van der Waals surface area (Å²) < 4.78 is 25.9. The molecule has 0 bridgehead atoms. The maximum Gasteiger partial charge on any atom is 0.240 e. The standard InChI is InChI=1S/C13H19ClN2O3S/c1-4-15-20(18,19)11-7-5-10(6-8-11)16-12(17)13(2,3)9-14/h5-8,15H,4,9H2,1-3H3,(H,16,17). The zero-order valence-corrected chi connectivity index (χ0v) is 13.3. The third-order valence-electron chi connectivity index (χ3n) is 2.71. The molecule has 0 atom stereocenters. The van der Waals surface area contributed by atoms with Crippen LogP contribution in [0, 0.1) is 5.41 Å². The van der Waals surface area contributed by atoms with Crippen LogP contribution in [0.25, 0.3) is 0 Å². The first-order valence-electron chi connectivity index (χ1n) is 6.20. The fraction of sp³-hybridized carbons (Fsp3) is 0.462. The van der Waals surface area contributed by atoms with Crippen molar-refractivity contribution >= 4 is 33.2 Å². The van der Waals surface area contributed by atoms with Gasteiger partial charge in [-0.05, 0) is 38.1 Å². The van der Waals surface area contributed by atoms with Crippen molar-refractivity contribution in [3.05, 3.63) is 24.3 Å². The van der Waals surface area contributed by atoms with Crippen LogP contribution in [0.4, 0.5) is 5.69 Å². The monoisotopic (exact) mass is 318 g/mol. The van der Waals surface area contributed by atoms with Crippen LogP contribution in [0.2, 0.25) is 0 Å². The molecule has 1 rings (SSSR count). The highest BCUT2D eigenvalue weighted by molar-refractivity contribution is 7.89. The summed E-state index contributed by atoms with van der Waals surface area (Å²) in [7, 11) is -3.47. The first kappa shape index (κ1) is 16.9. The van der Waals surface area contributed by atoms with E-state index in [-0.39, 0.29) is 16.7 Å². The predicted molar refractivity (Wildman–Crippen MR) is 80.4 cm³/mol. The number of anilines is 1. The van der Waals surface area contributed by atoms with Gasteiger partial charge in [-0.1, -0.05) is 6.92 Å². The molecule has 0 spiro atoms. The summed E-state index contributed by atoms with van der Waals surface area (Å²) in [5.41, 5.74) is -0.153. The van der Waals surface area contributed by atoms with Gasteiger partial charge >= 0.3 is 0 Å². The third-order valence-corrected chi connectivity index (χ3v) is 4.94. The van der Waals surface area contributed by atoms with Crippen molar-refractivity contribution in [1.82, 2.24) is 4.72 Å². The zero-order chi connectivity index (χ0) is 15.4. The maximum atomic E-state index is 11.9. The topological polar surface area (TPSA) is 75.3 Å². The van der Waals surface area contributed by atoms with Gasteiger partial charge in [0, 0.05) is 18.1 Å². The molecule has 0 aliphatic rings. The van der Waals surface area contributed by atoms with E-state index in [1.54, 1.807) is 32.9 Å². The maximum absolute atomic E-state index is 11.9. The molecule has 0 fully saturated rings. The molecule has 0 aliphatic carbocycles. The molecule has 2 N–H and O–H groups in total. The highest BCUT2D eigenvalue weighted by Crippen LogP contribution is 2.21. The van der Waals surface area contributed by atoms with E-state index in [4.69, 9.17) is 11.6 Å². The fourth-order valence-corrected chi connectivity index (χ4v) is 2.51. The molecular weight excluding hydrogens is 300 g/mol. The van der Waals surface area contributed by atoms with Gasteiger partial charge in [0.05, 0.1) is 10.3 Å². The molecule has 20 heavy (non-hydrogen) atoms. The van der Waals surface area contributed by atoms with E-state index in [0.717, 1.165) is 0 Å². The van der Waals surface area contributed by atoms with Crippen molar-refractivity contribution in [3.63, 3.8) is 0 Å². The molecule has 0 heterocycles. The molecule has 7 heteroatoms. The molecule has 1 aromatic carbocycles. The Morgan fingerprint density at radius 2 is 1.80 bits per heavy atom. The first-order valence-corrected chi connectivity index (χ1v) is 8.22. The zero-order valence-electron chi connectivity index (χ0n) is 11.7. The van der Waals surface area contributed by atoms with Crippen molar-refractivity contribution in [2.75, 3.05) is 17.7 Å². The van der Waals surface area contributed by atoms with E-state index in [0.29, 0.717) is 12.2 Å². The molecule has 1 amide bonds. The molecule has 0 aromatic heterocycles. The van der Waals surface area contributed by atoms with Crippen LogP contribution in [0.5, 0.6) is 0 Å². The molecule has 5 nitrogen and oxygen atoms in total. The lowest BCUT2D eigenvalue weighted by atomic mass is 9.95. The number of hydrogen-bond donors (Lipinski definition) is 2. The summed E-state index contributed by atoms with van der Waals surface area (Å²) in [6.07, 6.45) is 0. The van der Waals surface area contributed by atoms with Gasteiger partial charge in [0.1, 0.15) is 0 Å². The first-order chi connectivity index (χ1) is 9.23. The summed E-state index contributed by atoms with van der Waals surface area (Å²) in [5.74, 6) is -0.0130. The van der Waals surface area contributed by atoms with E-state index in [2.05, 4.69) is 10.0 Å². The van der Waals surface area contributed by atoms with Gasteiger partial charge in [0.2, 0.25) is 15.9 Å². The van der Waals surface area contributed by atoms with E-state index < -0.39 is 15.4 Å². The van der Waals surface area contributed by atoms with Gasteiger partial charge in [-0.15, -0.1) is 11.6 Å². The van der Waals surface area contributed by atoms with Crippen LogP contribution in [0.15, 0.2) is 29.2 Å². The van der Waals surface area contributed by atoms with Gasteiger partial charge in [0.25, 0.3) is 0 Å². The summed E-state index contributed by atoms with van der Waals surface area (Å²) >= 11 is 5.73. The minimum atomic E-state index is -3.47. The summed E-state index contributed by atoms with van der Waals surface area (Å²) in [6, 6.07) is 5.99. The normalized spacial score (nSPS) is 12.2. The number of rotatable bonds is 6. The predicted octanol–water partition coefficient (Wildman–Crippen LogP) is 2.19. The lowest BCUT2D eigenvalue weighted by Gasteiger charge is -2.20. The number of sulfonamides is 1. The Kier molecular flexibility index (Phi) is 5.56. The van der Waals surface area contributed by atoms with E-state index in [1.165, 1.54) is 12.1 Å². The Balaban J connectivity index is 2.86. The summed E-state index contributed by atoms with van der Waals surface area (Å²) in [5, 5.41) is 2.71. The molecule has 0 saturated heterocycles. The van der Waals surface area contributed by atoms with E-state index >= 15 is 0 Å². The second kappa shape index (κ2) is 6.56. The summed E-state index contributed by atoms with van der Waals surface area (Å²) in [4.78, 5) is 12.1. The SMILES string of the molecule is CCNS(=O)(=O)c1ccc(NC(=O)C(C)(C)CCl)cc1. The molecule has 0 aliphatic heterocycles. The van der Waals surface area contributed by atoms with Gasteiger partial charge < -0.3 is 5.32 Å². The Labute approximate surface area is 124 Å². The molecule has 1 aromatic rings. The van der Waals surface area contributed by atoms with Gasteiger partial charge in [-0.3, -0.25) is 4.79 Å². The van der Waals surface area contributed by atoms with E-state index in [1.807, 2.05) is 0 Å². The van der Waals surface area contributed by atoms with Gasteiger partial charge in [0.15, 0.2) is 0 Å². The lowest BCUT2D eigenvalue weighted by Crippen LogP contribution is -2.32. The molecular formula is C13H19ClN2O3S. The number of nitrogens with one attached hydrogen (secondary N) is 2. The van der Waals surface area contributed by atoms with Crippen LogP contribution in [0.1, 0.15) is 20.8 Å². The minimum absolute atomic E-state index is 0.161. The minimum Gasteiger partial charge on any atom is -0.326 e. The van der Waals surface area contributed by atoms with Crippen LogP contribution >= 0.6 is 11.6 Å². The molecule has 0 saturated carbocycles. The van der Waals surface area contributed by atoms with Crippen molar-refractivity contribution < 1.29 is 13.2 Å². The molecule has 0 unspecified atom stereocenters. The smallest absolute Gasteiger partial charge is 0.240 e. The van der Waals surface area contributed by atoms with Crippen LogP contribution < -0.4 is 10.0 Å². The molecule has 112 valence electrons. The Bertz CT molecular complexity index is 568. The number of carbonyl (C=O) groups is 1. The number of carbonyl (C=O) groups excluding carboxylic acids is 1. The molecule has 0 radical (unpaired) electrons. The van der Waals surface area contributed by atoms with Crippen molar-refractivity contribution in [3.8, 4) is 0 Å². The largest absolute Gasteiger partial charge is 0.326 e. The number of hydrogen-bond acceptors (Lipinski definition) is 3. The highest BCUT2D eigenvalue weighted by atomic mass is 35.5. The second-order valence-corrected chi connectivity index (χ2v) is 7.03. The Morgan fingerprint density at radius 3 is 2.25 bits per heavy atom. The van der Waals surface area contributed by atoms with Crippen molar-refractivity contribution in [2.45, 2.75) is 25.7 Å². The quantitative estimate of drug-likeness (QED) is 0.789. The fourth-order valence-electron chi connectivity index (χ4n) is 1.35. The Hall–Kier alpha value is -1.11. The van der Waals surface area contributed by atoms with Crippen molar-refractivity contribution in [1.29, 1.82) is 0 Å². The average Bonchev–Trinajstić information content (AvgIpc) is 2.39. The number of alkyl halides is 1. The number of amides is 1. The van der Waals surface area contributed by atoms with Crippen LogP contribution in [0.3, 0.4) is 0 Å². The highest BCUT2D eigenvalue weighted by Gasteiger charge is 2.26. The second-order valence-electron chi connectivity index (χ2n) is 5.00. The van der Waals surface area contributed by atoms with E-state index in [9.17, 15) is 13.2 Å². The lowest BCUT2D eigenvalue weighted by molar-refractivity contribution is -0.122.